The molecule has 3 heterocycles. The molecule has 1 atom stereocenters. The average molecular weight is 447 g/mol. The monoisotopic (exact) mass is 447 g/mol. The van der Waals surface area contributed by atoms with Crippen molar-refractivity contribution in [3.63, 3.8) is 0 Å². The molecule has 1 aromatic carbocycles. The van der Waals surface area contributed by atoms with E-state index in [1.54, 1.807) is 10.9 Å². The van der Waals surface area contributed by atoms with Crippen LogP contribution in [0.4, 0.5) is 13.2 Å². The van der Waals surface area contributed by atoms with Crippen LogP contribution in [-0.4, -0.2) is 50.5 Å². The number of amides is 1. The maximum absolute atomic E-state index is 13.1. The highest BCUT2D eigenvalue weighted by molar-refractivity contribution is 5.76. The van der Waals surface area contributed by atoms with Gasteiger partial charge in [-0.15, -0.1) is 0 Å². The maximum atomic E-state index is 13.1. The Bertz CT molecular complexity index is 1030. The molecular weight excluding hydrogens is 423 g/mol. The van der Waals surface area contributed by atoms with Crippen LogP contribution in [0.15, 0.2) is 48.8 Å². The second kappa shape index (κ2) is 9.46. The van der Waals surface area contributed by atoms with Gasteiger partial charge < -0.3 is 9.64 Å². The molecule has 0 unspecified atom stereocenters. The predicted octanol–water partition coefficient (Wildman–Crippen LogP) is 3.65. The molecule has 1 aliphatic rings. The molecule has 0 spiro atoms. The summed E-state index contributed by atoms with van der Waals surface area (Å²) in [6.45, 7) is 1.94. The van der Waals surface area contributed by atoms with Gasteiger partial charge in [0, 0.05) is 56.5 Å². The first kappa shape index (κ1) is 21.9. The molecule has 3 aromatic rings. The van der Waals surface area contributed by atoms with Crippen LogP contribution in [0.5, 0.6) is 5.75 Å². The van der Waals surface area contributed by atoms with Gasteiger partial charge in [-0.2, -0.15) is 23.4 Å². The van der Waals surface area contributed by atoms with Crippen LogP contribution in [-0.2, 0) is 23.9 Å². The van der Waals surface area contributed by atoms with E-state index < -0.39 is 11.7 Å². The van der Waals surface area contributed by atoms with Crippen LogP contribution in [0.1, 0.15) is 35.7 Å². The predicted molar refractivity (Wildman–Crippen MR) is 110 cm³/mol. The first-order valence-corrected chi connectivity index (χ1v) is 10.5. The van der Waals surface area contributed by atoms with E-state index in [2.05, 4.69) is 15.3 Å². The molecule has 32 heavy (non-hydrogen) atoms. The van der Waals surface area contributed by atoms with Crippen molar-refractivity contribution in [1.82, 2.24) is 24.9 Å². The van der Waals surface area contributed by atoms with Crippen LogP contribution in [0.25, 0.3) is 0 Å². The number of nitrogens with one attached hydrogen (secondary N) is 1. The van der Waals surface area contributed by atoms with E-state index in [9.17, 15) is 18.0 Å². The van der Waals surface area contributed by atoms with E-state index >= 15 is 0 Å². The number of aromatic amines is 1. The molecule has 0 saturated carbocycles. The number of alkyl halides is 3. The molecule has 1 N–H and O–H groups in total. The van der Waals surface area contributed by atoms with Crippen LogP contribution in [0.3, 0.4) is 0 Å². The number of aromatic nitrogens is 4. The lowest BCUT2D eigenvalue weighted by atomic mass is 10.0. The number of H-pyrrole nitrogens is 1. The van der Waals surface area contributed by atoms with Gasteiger partial charge in [0.05, 0.1) is 17.9 Å². The lowest BCUT2D eigenvalue weighted by Crippen LogP contribution is -2.29. The fourth-order valence-electron chi connectivity index (χ4n) is 3.84. The molecule has 1 saturated heterocycles. The van der Waals surface area contributed by atoms with Crippen molar-refractivity contribution in [2.45, 2.75) is 37.9 Å². The van der Waals surface area contributed by atoms with Crippen molar-refractivity contribution in [2.24, 2.45) is 0 Å². The highest BCUT2D eigenvalue weighted by Gasteiger charge is 2.34. The fraction of sp³-hybridized carbons (Fsp3) is 0.409. The smallest absolute Gasteiger partial charge is 0.419 e. The molecule has 0 bridgehead atoms. The van der Waals surface area contributed by atoms with Crippen molar-refractivity contribution in [3.8, 4) is 5.75 Å². The third kappa shape index (κ3) is 5.30. The van der Waals surface area contributed by atoms with Gasteiger partial charge in [0.2, 0.25) is 5.91 Å². The number of carbonyl (C=O) groups is 1. The summed E-state index contributed by atoms with van der Waals surface area (Å²) < 4.78 is 46.3. The number of halogens is 3. The zero-order valence-electron chi connectivity index (χ0n) is 17.4. The number of rotatable bonds is 8. The number of carbonyl (C=O) groups excluding carboxylic acids is 1. The Morgan fingerprint density at radius 1 is 1.25 bits per heavy atom. The zero-order valence-corrected chi connectivity index (χ0v) is 17.4. The molecule has 2 aromatic heterocycles. The molecule has 0 aliphatic carbocycles. The minimum absolute atomic E-state index is 0.0930. The van der Waals surface area contributed by atoms with Crippen LogP contribution in [0.2, 0.25) is 0 Å². The topological polar surface area (TPSA) is 76.0 Å². The molecule has 10 heteroatoms. The Morgan fingerprint density at radius 3 is 2.88 bits per heavy atom. The highest BCUT2D eigenvalue weighted by Crippen LogP contribution is 2.36. The van der Waals surface area contributed by atoms with Gasteiger partial charge >= 0.3 is 6.18 Å². The van der Waals surface area contributed by atoms with Gasteiger partial charge in [-0.05, 0) is 30.7 Å². The summed E-state index contributed by atoms with van der Waals surface area (Å²) in [6, 6.07) is 8.90. The lowest BCUT2D eigenvalue weighted by molar-refractivity contribution is -0.139. The number of hydrogen-bond acceptors (Lipinski definition) is 4. The minimum atomic E-state index is -4.46. The van der Waals surface area contributed by atoms with Crippen LogP contribution < -0.4 is 4.74 Å². The number of hydrogen-bond donors (Lipinski definition) is 1. The summed E-state index contributed by atoms with van der Waals surface area (Å²) in [5.41, 5.74) is 0.861. The van der Waals surface area contributed by atoms with Crippen molar-refractivity contribution in [2.75, 3.05) is 19.7 Å². The Hall–Kier alpha value is -3.30. The van der Waals surface area contributed by atoms with E-state index in [4.69, 9.17) is 4.74 Å². The first-order valence-electron chi connectivity index (χ1n) is 10.5. The zero-order chi connectivity index (χ0) is 22.6. The summed E-state index contributed by atoms with van der Waals surface area (Å²) in [4.78, 5) is 14.3. The third-order valence-electron chi connectivity index (χ3n) is 5.55. The van der Waals surface area contributed by atoms with Crippen molar-refractivity contribution in [1.29, 1.82) is 0 Å². The number of benzene rings is 1. The minimum Gasteiger partial charge on any atom is -0.493 e. The van der Waals surface area contributed by atoms with E-state index in [-0.39, 0.29) is 24.2 Å². The molecule has 1 fully saturated rings. The van der Waals surface area contributed by atoms with Crippen molar-refractivity contribution < 1.29 is 22.7 Å². The summed E-state index contributed by atoms with van der Waals surface area (Å²) >= 11 is 0. The molecule has 4 rings (SSSR count). The Labute approximate surface area is 183 Å². The van der Waals surface area contributed by atoms with E-state index in [0.29, 0.717) is 32.5 Å². The molecule has 170 valence electrons. The molecule has 7 nitrogen and oxygen atoms in total. The standard InChI is InChI=1S/C22H24F3N5O2/c23-22(24,25)18-4-1-2-5-20(18)32-13-8-17-14-19(28-27-17)16-6-11-29(15-16)21(31)7-12-30-10-3-9-26-30/h1-5,9-10,14,16H,6-8,11-13,15H2,(H,27,28)/t16-/m1/s1. The van der Waals surface area contributed by atoms with Gasteiger partial charge in [0.1, 0.15) is 5.75 Å². The van der Waals surface area contributed by atoms with Gasteiger partial charge in [0.15, 0.2) is 0 Å². The first-order chi connectivity index (χ1) is 15.4. The lowest BCUT2D eigenvalue weighted by Gasteiger charge is -2.16. The van der Waals surface area contributed by atoms with E-state index in [1.807, 2.05) is 23.2 Å². The second-order valence-electron chi connectivity index (χ2n) is 7.75. The van der Waals surface area contributed by atoms with Crippen molar-refractivity contribution >= 4 is 5.91 Å². The van der Waals surface area contributed by atoms with Gasteiger partial charge in [-0.25, -0.2) is 0 Å². The van der Waals surface area contributed by atoms with Crippen molar-refractivity contribution in [3.05, 3.63) is 65.7 Å². The normalized spacial score (nSPS) is 16.5. The molecule has 1 aliphatic heterocycles. The summed E-state index contributed by atoms with van der Waals surface area (Å²) in [5.74, 6) is 0.0517. The largest absolute Gasteiger partial charge is 0.493 e. The van der Waals surface area contributed by atoms with Crippen LogP contribution >= 0.6 is 0 Å². The SMILES string of the molecule is O=C(CCn1cccn1)N1CC[C@@H](c2cc(CCOc3ccccc3C(F)(F)F)[nH]n2)C1. The number of likely N-dealkylation sites (tertiary alicyclic amines) is 1. The van der Waals surface area contributed by atoms with Gasteiger partial charge in [-0.3, -0.25) is 14.6 Å². The Balaban J connectivity index is 1.26. The Kier molecular flexibility index (Phi) is 6.48. The number of nitrogens with zero attached hydrogens (tertiary/aromatic N) is 4. The summed E-state index contributed by atoms with van der Waals surface area (Å²) in [5, 5.41) is 11.4. The van der Waals surface area contributed by atoms with Gasteiger partial charge in [-0.1, -0.05) is 12.1 Å². The van der Waals surface area contributed by atoms with E-state index in [1.165, 1.54) is 18.2 Å². The average Bonchev–Trinajstić information content (AvgIpc) is 3.53. The van der Waals surface area contributed by atoms with Gasteiger partial charge in [0.25, 0.3) is 0 Å². The summed E-state index contributed by atoms with van der Waals surface area (Å²) in [6.07, 6.45) is 0.687. The quantitative estimate of drug-likeness (QED) is 0.572. The number of aryl methyl sites for hydroxylation is 1. The third-order valence-corrected chi connectivity index (χ3v) is 5.55. The number of para-hydroxylation sites is 1. The summed E-state index contributed by atoms with van der Waals surface area (Å²) in [7, 11) is 0. The maximum Gasteiger partial charge on any atom is 0.419 e. The van der Waals surface area contributed by atoms with Crippen LogP contribution in [0, 0.1) is 0 Å². The molecule has 0 radical (unpaired) electrons. The second-order valence-corrected chi connectivity index (χ2v) is 7.75. The number of ether oxygens (including phenoxy) is 1. The fourth-order valence-corrected chi connectivity index (χ4v) is 3.84. The highest BCUT2D eigenvalue weighted by atomic mass is 19.4. The van der Waals surface area contributed by atoms with E-state index in [0.717, 1.165) is 23.9 Å². The molecular formula is C22H24F3N5O2. The molecule has 1 amide bonds. The Morgan fingerprint density at radius 2 is 2.09 bits per heavy atom.